The summed E-state index contributed by atoms with van der Waals surface area (Å²) in [6, 6.07) is 5.57. The first-order valence-corrected chi connectivity index (χ1v) is 10.6. The molecule has 31 heavy (non-hydrogen) atoms. The van der Waals surface area contributed by atoms with Crippen molar-refractivity contribution in [3.05, 3.63) is 36.0 Å². The van der Waals surface area contributed by atoms with E-state index in [9.17, 15) is 22.4 Å². The van der Waals surface area contributed by atoms with Crippen LogP contribution < -0.4 is 15.5 Å². The molecule has 168 valence electrons. The van der Waals surface area contributed by atoms with E-state index in [-0.39, 0.29) is 29.8 Å². The Kier molecular flexibility index (Phi) is 5.81. The number of rotatable bonds is 4. The molecular formula is C22H26F4N4O. The van der Waals surface area contributed by atoms with Crippen LogP contribution in [-0.4, -0.2) is 48.8 Å². The third-order valence-corrected chi connectivity index (χ3v) is 6.33. The number of benzene rings is 1. The Balaban J connectivity index is 1.50. The Morgan fingerprint density at radius 1 is 1.26 bits per heavy atom. The van der Waals surface area contributed by atoms with Crippen LogP contribution in [0.4, 0.5) is 23.2 Å². The quantitative estimate of drug-likeness (QED) is 0.716. The molecule has 2 atom stereocenters. The number of carbonyl (C=O) groups excluding carboxylic acids is 1. The average molecular weight is 438 g/mol. The number of alkyl halides is 4. The summed E-state index contributed by atoms with van der Waals surface area (Å²) in [7, 11) is 0. The number of nitrogens with zero attached hydrogens (tertiary/aromatic N) is 2. The minimum atomic E-state index is -4.49. The van der Waals surface area contributed by atoms with E-state index in [1.165, 1.54) is 12.3 Å². The molecule has 2 aromatic rings. The number of pyridine rings is 1. The monoisotopic (exact) mass is 438 g/mol. The van der Waals surface area contributed by atoms with E-state index in [1.54, 1.807) is 12.1 Å². The Bertz CT molecular complexity index is 958. The second-order valence-electron chi connectivity index (χ2n) is 8.66. The third-order valence-electron chi connectivity index (χ3n) is 6.33. The number of amides is 1. The van der Waals surface area contributed by atoms with Crippen molar-refractivity contribution in [3.8, 4) is 0 Å². The zero-order valence-electron chi connectivity index (χ0n) is 17.3. The van der Waals surface area contributed by atoms with E-state index in [4.69, 9.17) is 0 Å². The van der Waals surface area contributed by atoms with Crippen LogP contribution in [0.5, 0.6) is 0 Å². The molecule has 1 aromatic heterocycles. The van der Waals surface area contributed by atoms with Gasteiger partial charge in [0.15, 0.2) is 0 Å². The Labute approximate surface area is 178 Å². The molecule has 3 heterocycles. The Morgan fingerprint density at radius 3 is 2.71 bits per heavy atom. The standard InChI is InChI=1S/C22H26F4N4O/c1-14-12-30(13-17(14)29-19(31)11-21(23)6-9-27-10-7-21)18-5-4-16(22(24,25)26)20-15(18)3-2-8-28-20/h2-5,8,14,17,27H,6-7,9-13H2,1H3,(H,29,31)/t14-,17?/m1/s1. The summed E-state index contributed by atoms with van der Waals surface area (Å²) in [4.78, 5) is 18.4. The summed E-state index contributed by atoms with van der Waals surface area (Å²) in [6.45, 7) is 4.12. The highest BCUT2D eigenvalue weighted by Gasteiger charge is 2.38. The number of fused-ring (bicyclic) bond motifs is 1. The van der Waals surface area contributed by atoms with Crippen molar-refractivity contribution in [3.63, 3.8) is 0 Å². The van der Waals surface area contributed by atoms with Crippen LogP contribution in [0.3, 0.4) is 0 Å². The van der Waals surface area contributed by atoms with Gasteiger partial charge >= 0.3 is 6.18 Å². The van der Waals surface area contributed by atoms with E-state index in [2.05, 4.69) is 15.6 Å². The van der Waals surface area contributed by atoms with Gasteiger partial charge in [0.05, 0.1) is 23.5 Å². The van der Waals surface area contributed by atoms with E-state index in [0.29, 0.717) is 50.1 Å². The van der Waals surface area contributed by atoms with Gasteiger partial charge in [-0.3, -0.25) is 9.78 Å². The summed E-state index contributed by atoms with van der Waals surface area (Å²) in [5.41, 5.74) is -1.68. The van der Waals surface area contributed by atoms with Gasteiger partial charge in [-0.25, -0.2) is 4.39 Å². The number of piperidine rings is 1. The number of anilines is 1. The summed E-state index contributed by atoms with van der Waals surface area (Å²) < 4.78 is 55.0. The minimum absolute atomic E-state index is 0.0709. The highest BCUT2D eigenvalue weighted by atomic mass is 19.4. The Hall–Kier alpha value is -2.42. The van der Waals surface area contributed by atoms with Gasteiger partial charge in [0.1, 0.15) is 5.67 Å². The van der Waals surface area contributed by atoms with Gasteiger partial charge in [-0.15, -0.1) is 0 Å². The maximum absolute atomic E-state index is 14.8. The summed E-state index contributed by atoms with van der Waals surface area (Å²) >= 11 is 0. The van der Waals surface area contributed by atoms with Crippen LogP contribution in [0.1, 0.15) is 31.7 Å². The zero-order valence-corrected chi connectivity index (χ0v) is 17.3. The van der Waals surface area contributed by atoms with Crippen molar-refractivity contribution in [1.29, 1.82) is 0 Å². The van der Waals surface area contributed by atoms with Crippen LogP contribution >= 0.6 is 0 Å². The SMILES string of the molecule is C[C@@H]1CN(c2ccc(C(F)(F)F)c3ncccc23)CC1NC(=O)CC1(F)CCNCC1. The zero-order chi connectivity index (χ0) is 22.2. The van der Waals surface area contributed by atoms with Crippen molar-refractivity contribution < 1.29 is 22.4 Å². The topological polar surface area (TPSA) is 57.3 Å². The lowest BCUT2D eigenvalue weighted by Crippen LogP contribution is -2.46. The molecule has 2 aliphatic rings. The van der Waals surface area contributed by atoms with E-state index in [0.717, 1.165) is 6.07 Å². The van der Waals surface area contributed by atoms with Crippen LogP contribution in [0.25, 0.3) is 10.9 Å². The van der Waals surface area contributed by atoms with Gasteiger partial charge in [0.25, 0.3) is 0 Å². The predicted octanol–water partition coefficient (Wildman–Crippen LogP) is 3.68. The molecule has 5 nitrogen and oxygen atoms in total. The molecule has 1 unspecified atom stereocenters. The summed E-state index contributed by atoms with van der Waals surface area (Å²) in [5, 5.41) is 6.46. The Morgan fingerprint density at radius 2 is 2.00 bits per heavy atom. The highest BCUT2D eigenvalue weighted by molar-refractivity contribution is 5.94. The molecule has 1 amide bonds. The molecule has 0 saturated carbocycles. The lowest BCUT2D eigenvalue weighted by atomic mass is 9.90. The molecule has 2 saturated heterocycles. The number of hydrogen-bond acceptors (Lipinski definition) is 4. The lowest BCUT2D eigenvalue weighted by Gasteiger charge is -2.30. The largest absolute Gasteiger partial charge is 0.418 e. The molecule has 9 heteroatoms. The molecule has 0 spiro atoms. The summed E-state index contributed by atoms with van der Waals surface area (Å²) in [6.07, 6.45) is -2.67. The minimum Gasteiger partial charge on any atom is -0.369 e. The van der Waals surface area contributed by atoms with Crippen molar-refractivity contribution in [2.24, 2.45) is 5.92 Å². The second kappa shape index (κ2) is 8.26. The molecule has 4 rings (SSSR count). The van der Waals surface area contributed by atoms with Gasteiger partial charge in [-0.2, -0.15) is 13.2 Å². The molecule has 2 fully saturated rings. The second-order valence-corrected chi connectivity index (χ2v) is 8.66. The molecule has 0 radical (unpaired) electrons. The molecular weight excluding hydrogens is 412 g/mol. The highest BCUT2D eigenvalue weighted by Crippen LogP contribution is 2.38. The number of aromatic nitrogens is 1. The van der Waals surface area contributed by atoms with Gasteiger partial charge in [-0.1, -0.05) is 6.92 Å². The fourth-order valence-corrected chi connectivity index (χ4v) is 4.61. The first kappa shape index (κ1) is 21.8. The van der Waals surface area contributed by atoms with Crippen LogP contribution in [0.15, 0.2) is 30.5 Å². The van der Waals surface area contributed by atoms with Crippen LogP contribution in [0.2, 0.25) is 0 Å². The molecule has 2 aliphatic heterocycles. The molecule has 2 N–H and O–H groups in total. The fourth-order valence-electron chi connectivity index (χ4n) is 4.61. The van der Waals surface area contributed by atoms with E-state index in [1.807, 2.05) is 11.8 Å². The molecule has 0 aliphatic carbocycles. The van der Waals surface area contributed by atoms with Gasteiger partial charge < -0.3 is 15.5 Å². The maximum atomic E-state index is 14.8. The molecule has 0 bridgehead atoms. The smallest absolute Gasteiger partial charge is 0.369 e. The van der Waals surface area contributed by atoms with Crippen LogP contribution in [-0.2, 0) is 11.0 Å². The average Bonchev–Trinajstić information content (AvgIpc) is 3.06. The molecule has 1 aromatic carbocycles. The maximum Gasteiger partial charge on any atom is 0.418 e. The number of carbonyl (C=O) groups is 1. The van der Waals surface area contributed by atoms with Gasteiger partial charge in [0.2, 0.25) is 5.91 Å². The van der Waals surface area contributed by atoms with E-state index < -0.39 is 17.4 Å². The van der Waals surface area contributed by atoms with Gasteiger partial charge in [0, 0.05) is 30.4 Å². The van der Waals surface area contributed by atoms with Crippen molar-refractivity contribution in [2.75, 3.05) is 31.1 Å². The van der Waals surface area contributed by atoms with Crippen molar-refractivity contribution >= 4 is 22.5 Å². The predicted molar refractivity (Wildman–Crippen MR) is 111 cm³/mol. The fraction of sp³-hybridized carbons (Fsp3) is 0.545. The third kappa shape index (κ3) is 4.61. The normalized spacial score (nSPS) is 23.8. The van der Waals surface area contributed by atoms with Gasteiger partial charge in [-0.05, 0) is 56.1 Å². The van der Waals surface area contributed by atoms with Crippen molar-refractivity contribution in [1.82, 2.24) is 15.6 Å². The number of halogens is 4. The number of nitrogens with one attached hydrogen (secondary N) is 2. The summed E-state index contributed by atoms with van der Waals surface area (Å²) in [5.74, 6) is -0.247. The lowest BCUT2D eigenvalue weighted by molar-refractivity contribution is -0.136. The van der Waals surface area contributed by atoms with E-state index >= 15 is 0 Å². The first-order valence-electron chi connectivity index (χ1n) is 10.6. The van der Waals surface area contributed by atoms with Crippen LogP contribution in [0, 0.1) is 5.92 Å². The number of hydrogen-bond donors (Lipinski definition) is 2. The van der Waals surface area contributed by atoms with Crippen molar-refractivity contribution in [2.45, 2.75) is 44.1 Å². The first-order chi connectivity index (χ1) is 14.7.